The Morgan fingerprint density at radius 3 is 2.61 bits per heavy atom. The van der Waals surface area contributed by atoms with Crippen LogP contribution in [0.25, 0.3) is 22.2 Å². The molecule has 0 aliphatic carbocycles. The summed E-state index contributed by atoms with van der Waals surface area (Å²) in [7, 11) is -3.54. The lowest BCUT2D eigenvalue weighted by Crippen LogP contribution is -2.54. The molecule has 1 fully saturated rings. The van der Waals surface area contributed by atoms with Crippen molar-refractivity contribution in [3.8, 4) is 11.1 Å². The molecule has 0 spiro atoms. The fourth-order valence-corrected chi connectivity index (χ4v) is 5.08. The molecule has 1 aliphatic rings. The van der Waals surface area contributed by atoms with E-state index in [2.05, 4.69) is 19.9 Å². The van der Waals surface area contributed by atoms with E-state index in [1.54, 1.807) is 12.3 Å². The summed E-state index contributed by atoms with van der Waals surface area (Å²) in [4.78, 5) is 29.4. The zero-order valence-corrected chi connectivity index (χ0v) is 20.7. The molecular weight excluding hydrogens is 483 g/mol. The number of halogens is 1. The van der Waals surface area contributed by atoms with Crippen molar-refractivity contribution < 1.29 is 17.6 Å². The molecule has 11 heteroatoms. The van der Waals surface area contributed by atoms with Gasteiger partial charge in [-0.05, 0) is 43.3 Å². The second-order valence-corrected chi connectivity index (χ2v) is 10.8. The first-order valence-corrected chi connectivity index (χ1v) is 13.4. The van der Waals surface area contributed by atoms with Gasteiger partial charge in [0.15, 0.2) is 0 Å². The quantitative estimate of drug-likeness (QED) is 0.382. The molecule has 4 heterocycles. The van der Waals surface area contributed by atoms with Gasteiger partial charge in [-0.25, -0.2) is 27.8 Å². The van der Waals surface area contributed by atoms with Crippen LogP contribution in [0.1, 0.15) is 6.92 Å². The van der Waals surface area contributed by atoms with E-state index in [-0.39, 0.29) is 23.7 Å². The molecule has 5 rings (SSSR count). The molecule has 1 atom stereocenters. The number of sulfone groups is 1. The molecule has 186 valence electrons. The zero-order valence-electron chi connectivity index (χ0n) is 19.9. The number of piperazine rings is 1. The van der Waals surface area contributed by atoms with Crippen LogP contribution in [0.4, 0.5) is 10.1 Å². The smallest absolute Gasteiger partial charge is 0.246 e. The van der Waals surface area contributed by atoms with Crippen molar-refractivity contribution in [3.05, 3.63) is 67.0 Å². The Balaban J connectivity index is 1.34. The summed E-state index contributed by atoms with van der Waals surface area (Å²) in [6, 6.07) is 10.2. The van der Waals surface area contributed by atoms with Gasteiger partial charge in [-0.1, -0.05) is 0 Å². The molecule has 1 aliphatic heterocycles. The number of anilines is 1. The largest absolute Gasteiger partial charge is 0.367 e. The predicted octanol–water partition coefficient (Wildman–Crippen LogP) is 2.77. The topological polar surface area (TPSA) is 101 Å². The van der Waals surface area contributed by atoms with Gasteiger partial charge in [-0.3, -0.25) is 4.79 Å². The van der Waals surface area contributed by atoms with E-state index >= 15 is 0 Å². The molecule has 0 bridgehead atoms. The first-order chi connectivity index (χ1) is 17.2. The van der Waals surface area contributed by atoms with Crippen LogP contribution in [0.15, 0.2) is 66.3 Å². The third-order valence-electron chi connectivity index (χ3n) is 6.35. The molecule has 1 saturated heterocycles. The summed E-state index contributed by atoms with van der Waals surface area (Å²) in [5, 5.41) is 0.705. The molecule has 1 amide bonds. The summed E-state index contributed by atoms with van der Waals surface area (Å²) in [5.41, 5.74) is 2.62. The minimum atomic E-state index is -3.54. The average molecular weight is 509 g/mol. The number of aromatic nitrogens is 4. The molecule has 0 radical (unpaired) electrons. The van der Waals surface area contributed by atoms with E-state index in [4.69, 9.17) is 0 Å². The van der Waals surface area contributed by atoms with Crippen LogP contribution in [0.2, 0.25) is 0 Å². The van der Waals surface area contributed by atoms with Crippen molar-refractivity contribution in [2.45, 2.75) is 24.7 Å². The Morgan fingerprint density at radius 1 is 1.11 bits per heavy atom. The second-order valence-electron chi connectivity index (χ2n) is 8.93. The molecular formula is C25H25FN6O3S. The standard InChI is InChI=1S/C25H25FN6O3S/c1-17-15-30(10-11-32(17)23(33)16-31-9-7-18-4-3-8-27-24(18)31)22-6-5-20(26)12-21(22)19-13-28-25(29-14-19)36(2,34)35/h3-9,12-14,17H,10-11,15-16H2,1-2H3. The van der Waals surface area contributed by atoms with Gasteiger partial charge in [0.25, 0.3) is 0 Å². The van der Waals surface area contributed by atoms with Crippen LogP contribution < -0.4 is 4.90 Å². The van der Waals surface area contributed by atoms with Crippen molar-refractivity contribution in [3.63, 3.8) is 0 Å². The van der Waals surface area contributed by atoms with Gasteiger partial charge in [0.1, 0.15) is 18.0 Å². The lowest BCUT2D eigenvalue weighted by molar-refractivity contribution is -0.134. The molecule has 3 aromatic heterocycles. The first kappa shape index (κ1) is 23.9. The van der Waals surface area contributed by atoms with Gasteiger partial charge in [-0.15, -0.1) is 0 Å². The summed E-state index contributed by atoms with van der Waals surface area (Å²) in [6.07, 6.45) is 7.40. The summed E-state index contributed by atoms with van der Waals surface area (Å²) in [5.74, 6) is -0.412. The van der Waals surface area contributed by atoms with E-state index in [1.165, 1.54) is 24.5 Å². The predicted molar refractivity (Wildman–Crippen MR) is 134 cm³/mol. The highest BCUT2D eigenvalue weighted by Gasteiger charge is 2.29. The number of amides is 1. The molecule has 1 unspecified atom stereocenters. The second kappa shape index (κ2) is 9.30. The molecule has 0 saturated carbocycles. The number of fused-ring (bicyclic) bond motifs is 1. The summed E-state index contributed by atoms with van der Waals surface area (Å²) < 4.78 is 39.5. The van der Waals surface area contributed by atoms with Gasteiger partial charge in [0.2, 0.25) is 20.9 Å². The number of pyridine rings is 1. The number of benzene rings is 1. The highest BCUT2D eigenvalue weighted by Crippen LogP contribution is 2.32. The molecule has 4 aromatic rings. The van der Waals surface area contributed by atoms with E-state index in [9.17, 15) is 17.6 Å². The maximum Gasteiger partial charge on any atom is 0.246 e. The van der Waals surface area contributed by atoms with Crippen molar-refractivity contribution in [2.24, 2.45) is 0 Å². The van der Waals surface area contributed by atoms with E-state index in [1.807, 2.05) is 40.8 Å². The van der Waals surface area contributed by atoms with Gasteiger partial charge in [0, 0.05) is 78.9 Å². The van der Waals surface area contributed by atoms with Gasteiger partial charge < -0.3 is 14.4 Å². The fourth-order valence-electron chi connectivity index (χ4n) is 4.59. The highest BCUT2D eigenvalue weighted by molar-refractivity contribution is 7.90. The van der Waals surface area contributed by atoms with Gasteiger partial charge >= 0.3 is 0 Å². The van der Waals surface area contributed by atoms with Gasteiger partial charge in [-0.2, -0.15) is 0 Å². The van der Waals surface area contributed by atoms with Crippen LogP contribution in [0, 0.1) is 5.82 Å². The van der Waals surface area contributed by atoms with Crippen LogP contribution in [-0.2, 0) is 21.2 Å². The summed E-state index contributed by atoms with van der Waals surface area (Å²) >= 11 is 0. The SMILES string of the molecule is CC1CN(c2ccc(F)cc2-c2cnc(S(C)(=O)=O)nc2)CCN1C(=O)Cn1ccc2cccnc21. The number of hydrogen-bond acceptors (Lipinski definition) is 7. The van der Waals surface area contributed by atoms with Crippen molar-refractivity contribution in [1.29, 1.82) is 0 Å². The van der Waals surface area contributed by atoms with E-state index in [0.717, 1.165) is 23.0 Å². The third kappa shape index (κ3) is 4.66. The Morgan fingerprint density at radius 2 is 1.89 bits per heavy atom. The monoisotopic (exact) mass is 508 g/mol. The number of carbonyl (C=O) groups is 1. The number of hydrogen-bond donors (Lipinski definition) is 0. The fraction of sp³-hybridized carbons (Fsp3) is 0.280. The van der Waals surface area contributed by atoms with Crippen LogP contribution in [0.3, 0.4) is 0 Å². The van der Waals surface area contributed by atoms with Crippen LogP contribution in [-0.4, -0.2) is 70.7 Å². The zero-order chi connectivity index (χ0) is 25.4. The minimum Gasteiger partial charge on any atom is -0.367 e. The Bertz CT molecular complexity index is 1540. The normalized spacial score (nSPS) is 16.5. The molecule has 1 aromatic carbocycles. The van der Waals surface area contributed by atoms with E-state index in [0.29, 0.717) is 30.8 Å². The van der Waals surface area contributed by atoms with Crippen molar-refractivity contribution >= 4 is 32.5 Å². The lowest BCUT2D eigenvalue weighted by Gasteiger charge is -2.41. The first-order valence-electron chi connectivity index (χ1n) is 11.5. The highest BCUT2D eigenvalue weighted by atomic mass is 32.2. The number of nitrogens with zero attached hydrogens (tertiary/aromatic N) is 6. The maximum atomic E-state index is 14.2. The van der Waals surface area contributed by atoms with Crippen molar-refractivity contribution in [2.75, 3.05) is 30.8 Å². The van der Waals surface area contributed by atoms with Crippen molar-refractivity contribution in [1.82, 2.24) is 24.4 Å². The molecule has 0 N–H and O–H groups in total. The number of rotatable bonds is 5. The Labute approximate surface area is 208 Å². The Kier molecular flexibility index (Phi) is 6.17. The van der Waals surface area contributed by atoms with Gasteiger partial charge in [0.05, 0.1) is 0 Å². The maximum absolute atomic E-state index is 14.2. The number of carbonyl (C=O) groups excluding carboxylic acids is 1. The van der Waals surface area contributed by atoms with Crippen LogP contribution in [0.5, 0.6) is 0 Å². The average Bonchev–Trinajstić information content (AvgIpc) is 3.26. The molecule has 9 nitrogen and oxygen atoms in total. The minimum absolute atomic E-state index is 0.00870. The third-order valence-corrected chi connectivity index (χ3v) is 7.22. The Hall–Kier alpha value is -3.86. The lowest BCUT2D eigenvalue weighted by atomic mass is 10.0. The molecule has 36 heavy (non-hydrogen) atoms. The van der Waals surface area contributed by atoms with E-state index < -0.39 is 15.7 Å². The van der Waals surface area contributed by atoms with Crippen LogP contribution >= 0.6 is 0 Å². The summed E-state index contributed by atoms with van der Waals surface area (Å²) in [6.45, 7) is 3.81.